The number of ether oxygens (including phenoxy) is 1. The molecule has 2 atom stereocenters. The number of amides is 2. The number of nitrogens with two attached hydrogens (primary N) is 1. The van der Waals surface area contributed by atoms with Crippen LogP contribution in [0.1, 0.15) is 31.7 Å². The van der Waals surface area contributed by atoms with Crippen LogP contribution in [0, 0.1) is 5.92 Å². The average molecular weight is 347 g/mol. The van der Waals surface area contributed by atoms with Gasteiger partial charge in [-0.2, -0.15) is 0 Å². The number of likely N-dealkylation sites (tertiary alicyclic amines) is 1. The third-order valence-electron chi connectivity index (χ3n) is 4.67. The molecule has 0 bridgehead atoms. The Bertz CT molecular complexity index is 591. The molecule has 0 spiro atoms. The highest BCUT2D eigenvalue weighted by Crippen LogP contribution is 2.17. The molecule has 0 saturated carbocycles. The Labute approximate surface area is 149 Å². The maximum absolute atomic E-state index is 12.4. The van der Waals surface area contributed by atoms with E-state index in [1.807, 2.05) is 18.2 Å². The summed E-state index contributed by atoms with van der Waals surface area (Å²) in [6.07, 6.45) is 3.24. The number of carbonyl (C=O) groups is 2. The Kier molecular flexibility index (Phi) is 7.25. The number of methoxy groups -OCH3 is 1. The highest BCUT2D eigenvalue weighted by atomic mass is 16.5. The molecule has 1 fully saturated rings. The second-order valence-corrected chi connectivity index (χ2v) is 6.70. The van der Waals surface area contributed by atoms with Crippen molar-refractivity contribution in [3.63, 3.8) is 0 Å². The molecule has 0 radical (unpaired) electrons. The average Bonchev–Trinajstić information content (AvgIpc) is 2.81. The van der Waals surface area contributed by atoms with E-state index in [4.69, 9.17) is 10.5 Å². The molecule has 2 rings (SSSR count). The van der Waals surface area contributed by atoms with Crippen molar-refractivity contribution in [3.8, 4) is 5.75 Å². The molecule has 6 heteroatoms. The molecular formula is C19H29N3O3. The van der Waals surface area contributed by atoms with Crippen LogP contribution in [0.15, 0.2) is 24.3 Å². The van der Waals surface area contributed by atoms with Gasteiger partial charge in [-0.1, -0.05) is 12.1 Å². The molecular weight excluding hydrogens is 318 g/mol. The van der Waals surface area contributed by atoms with Crippen molar-refractivity contribution < 1.29 is 14.3 Å². The summed E-state index contributed by atoms with van der Waals surface area (Å²) in [5.41, 5.74) is 7.19. The van der Waals surface area contributed by atoms with Gasteiger partial charge in [0.25, 0.3) is 0 Å². The first kappa shape index (κ1) is 19.2. The van der Waals surface area contributed by atoms with E-state index >= 15 is 0 Å². The van der Waals surface area contributed by atoms with Gasteiger partial charge in [-0.15, -0.1) is 0 Å². The number of hydrogen-bond acceptors (Lipinski definition) is 4. The molecule has 6 nitrogen and oxygen atoms in total. The zero-order chi connectivity index (χ0) is 18.2. The van der Waals surface area contributed by atoms with Gasteiger partial charge in [0, 0.05) is 32.6 Å². The highest BCUT2D eigenvalue weighted by molar-refractivity contribution is 5.80. The summed E-state index contributed by atoms with van der Waals surface area (Å²) in [5.74, 6) is 0.675. The molecule has 25 heavy (non-hydrogen) atoms. The zero-order valence-electron chi connectivity index (χ0n) is 15.2. The van der Waals surface area contributed by atoms with E-state index in [0.29, 0.717) is 19.6 Å². The Hall–Kier alpha value is -2.08. The van der Waals surface area contributed by atoms with Crippen LogP contribution in [0.5, 0.6) is 5.75 Å². The predicted molar refractivity (Wildman–Crippen MR) is 97.3 cm³/mol. The highest BCUT2D eigenvalue weighted by Gasteiger charge is 2.27. The number of hydrogen-bond donors (Lipinski definition) is 2. The quantitative estimate of drug-likeness (QED) is 0.761. The monoisotopic (exact) mass is 347 g/mol. The summed E-state index contributed by atoms with van der Waals surface area (Å²) in [5, 5.41) is 3.00. The van der Waals surface area contributed by atoms with Gasteiger partial charge >= 0.3 is 0 Å². The van der Waals surface area contributed by atoms with Crippen molar-refractivity contribution in [1.29, 1.82) is 0 Å². The van der Waals surface area contributed by atoms with E-state index < -0.39 is 0 Å². The maximum atomic E-state index is 12.4. The summed E-state index contributed by atoms with van der Waals surface area (Å²) < 4.78 is 5.22. The molecule has 3 N–H and O–H groups in total. The normalized spacial score (nSPS) is 20.7. The van der Waals surface area contributed by atoms with Crippen molar-refractivity contribution in [2.45, 2.75) is 38.6 Å². The third-order valence-corrected chi connectivity index (χ3v) is 4.67. The fourth-order valence-corrected chi connectivity index (χ4v) is 3.17. The number of carbonyl (C=O) groups excluding carboxylic acids is 2. The van der Waals surface area contributed by atoms with Crippen molar-refractivity contribution in [2.24, 2.45) is 11.7 Å². The van der Waals surface area contributed by atoms with Crippen LogP contribution in [0.25, 0.3) is 0 Å². The Morgan fingerprint density at radius 1 is 1.32 bits per heavy atom. The van der Waals surface area contributed by atoms with Crippen molar-refractivity contribution in [2.75, 3.05) is 26.7 Å². The number of rotatable bonds is 6. The van der Waals surface area contributed by atoms with Gasteiger partial charge in [0.2, 0.25) is 11.8 Å². The lowest BCUT2D eigenvalue weighted by Gasteiger charge is -2.23. The Morgan fingerprint density at radius 3 is 2.84 bits per heavy atom. The summed E-state index contributed by atoms with van der Waals surface area (Å²) in [4.78, 5) is 25.8. The molecule has 0 aliphatic carbocycles. The molecule has 138 valence electrons. The molecule has 1 heterocycles. The first-order valence-electron chi connectivity index (χ1n) is 8.91. The van der Waals surface area contributed by atoms with Crippen molar-refractivity contribution in [1.82, 2.24) is 10.2 Å². The maximum Gasteiger partial charge on any atom is 0.224 e. The lowest BCUT2D eigenvalue weighted by molar-refractivity contribution is -0.131. The van der Waals surface area contributed by atoms with E-state index in [-0.39, 0.29) is 23.8 Å². The summed E-state index contributed by atoms with van der Waals surface area (Å²) in [6, 6.07) is 7.91. The predicted octanol–water partition coefficient (Wildman–Crippen LogP) is 1.33. The van der Waals surface area contributed by atoms with E-state index in [1.165, 1.54) is 12.5 Å². The summed E-state index contributed by atoms with van der Waals surface area (Å²) >= 11 is 0. The number of aryl methyl sites for hydroxylation is 1. The van der Waals surface area contributed by atoms with Gasteiger partial charge in [0.05, 0.1) is 13.0 Å². The van der Waals surface area contributed by atoms with Gasteiger partial charge in [0.15, 0.2) is 0 Å². The lowest BCUT2D eigenvalue weighted by Crippen LogP contribution is -2.42. The standard InChI is InChI=1S/C19H29N3O3/c1-14(23)22-12-16(8-9-17(20)13-22)19(24)21-10-4-6-15-5-3-7-18(11-15)25-2/h3,5,7,11,16-17H,4,6,8-10,12-13,20H2,1-2H3,(H,21,24)/t16-,17+/m1/s1. The molecule has 1 aromatic carbocycles. The first-order valence-corrected chi connectivity index (χ1v) is 8.91. The number of benzene rings is 1. The van der Waals surface area contributed by atoms with Crippen LogP contribution in [-0.2, 0) is 16.0 Å². The first-order chi connectivity index (χ1) is 12.0. The van der Waals surface area contributed by atoms with Gasteiger partial charge in [-0.3, -0.25) is 9.59 Å². The van der Waals surface area contributed by atoms with E-state index in [0.717, 1.165) is 31.4 Å². The van der Waals surface area contributed by atoms with Gasteiger partial charge in [-0.25, -0.2) is 0 Å². The SMILES string of the molecule is COc1cccc(CCCNC(=O)[C@@H]2CC[C@H](N)CN(C(C)=O)C2)c1. The smallest absolute Gasteiger partial charge is 0.224 e. The molecule has 0 unspecified atom stereocenters. The fraction of sp³-hybridized carbons (Fsp3) is 0.579. The molecule has 1 aliphatic heterocycles. The van der Waals surface area contributed by atoms with Gasteiger partial charge in [-0.05, 0) is 43.4 Å². The van der Waals surface area contributed by atoms with Crippen molar-refractivity contribution >= 4 is 11.8 Å². The minimum atomic E-state index is -0.172. The lowest BCUT2D eigenvalue weighted by atomic mass is 10.0. The molecule has 1 aromatic rings. The van der Waals surface area contributed by atoms with E-state index in [1.54, 1.807) is 12.0 Å². The second kappa shape index (κ2) is 9.42. The minimum Gasteiger partial charge on any atom is -0.497 e. The Balaban J connectivity index is 1.78. The van der Waals surface area contributed by atoms with Crippen LogP contribution in [0.2, 0.25) is 0 Å². The van der Waals surface area contributed by atoms with E-state index in [9.17, 15) is 9.59 Å². The number of nitrogens with one attached hydrogen (secondary N) is 1. The fourth-order valence-electron chi connectivity index (χ4n) is 3.17. The van der Waals surface area contributed by atoms with Crippen LogP contribution in [-0.4, -0.2) is 49.5 Å². The second-order valence-electron chi connectivity index (χ2n) is 6.70. The largest absolute Gasteiger partial charge is 0.497 e. The van der Waals surface area contributed by atoms with Crippen molar-refractivity contribution in [3.05, 3.63) is 29.8 Å². The van der Waals surface area contributed by atoms with Crippen LogP contribution >= 0.6 is 0 Å². The molecule has 1 aliphatic rings. The van der Waals surface area contributed by atoms with Gasteiger partial charge in [0.1, 0.15) is 5.75 Å². The molecule has 0 aromatic heterocycles. The molecule has 1 saturated heterocycles. The van der Waals surface area contributed by atoms with E-state index in [2.05, 4.69) is 11.4 Å². The van der Waals surface area contributed by atoms with Gasteiger partial charge < -0.3 is 20.7 Å². The third kappa shape index (κ3) is 6.05. The molecule has 2 amide bonds. The topological polar surface area (TPSA) is 84.7 Å². The van der Waals surface area contributed by atoms with Crippen LogP contribution in [0.3, 0.4) is 0 Å². The zero-order valence-corrected chi connectivity index (χ0v) is 15.2. The van der Waals surface area contributed by atoms with Crippen LogP contribution in [0.4, 0.5) is 0 Å². The summed E-state index contributed by atoms with van der Waals surface area (Å²) in [6.45, 7) is 3.15. The number of nitrogens with zero attached hydrogens (tertiary/aromatic N) is 1. The Morgan fingerprint density at radius 2 is 2.12 bits per heavy atom. The van der Waals surface area contributed by atoms with Crippen LogP contribution < -0.4 is 15.8 Å². The minimum absolute atomic E-state index is 0.0194. The summed E-state index contributed by atoms with van der Waals surface area (Å²) in [7, 11) is 1.66.